The van der Waals surface area contributed by atoms with Crippen LogP contribution in [0.15, 0.2) is 34.0 Å². The van der Waals surface area contributed by atoms with E-state index in [4.69, 9.17) is 5.26 Å². The third kappa shape index (κ3) is 3.15. The number of halogens is 1. The first-order valence-electron chi connectivity index (χ1n) is 5.93. The van der Waals surface area contributed by atoms with Gasteiger partial charge in [-0.15, -0.1) is 0 Å². The molecule has 19 heavy (non-hydrogen) atoms. The van der Waals surface area contributed by atoms with Crippen molar-refractivity contribution in [3.8, 4) is 6.07 Å². The van der Waals surface area contributed by atoms with Gasteiger partial charge < -0.3 is 10.4 Å². The van der Waals surface area contributed by atoms with Gasteiger partial charge in [0, 0.05) is 16.1 Å². The molecule has 0 saturated heterocycles. The maximum absolute atomic E-state index is 12.0. The van der Waals surface area contributed by atoms with Gasteiger partial charge in [-0.3, -0.25) is 4.79 Å². The van der Waals surface area contributed by atoms with Crippen LogP contribution in [0.1, 0.15) is 18.4 Å². The lowest BCUT2D eigenvalue weighted by atomic mass is 10.1. The van der Waals surface area contributed by atoms with E-state index in [1.807, 2.05) is 13.0 Å². The van der Waals surface area contributed by atoms with Crippen molar-refractivity contribution in [3.05, 3.63) is 39.6 Å². The molecule has 1 aliphatic rings. The van der Waals surface area contributed by atoms with Crippen molar-refractivity contribution in [2.75, 3.05) is 5.32 Å². The summed E-state index contributed by atoms with van der Waals surface area (Å²) in [5.41, 5.74) is 1.39. The minimum Gasteiger partial charge on any atom is -0.510 e. The van der Waals surface area contributed by atoms with Crippen LogP contribution in [0.25, 0.3) is 0 Å². The molecule has 2 rings (SSSR count). The Labute approximate surface area is 119 Å². The lowest BCUT2D eigenvalue weighted by molar-refractivity contribution is -0.112. The first-order chi connectivity index (χ1) is 9.02. The van der Waals surface area contributed by atoms with Crippen LogP contribution < -0.4 is 5.32 Å². The molecule has 2 N–H and O–H groups in total. The third-order valence-corrected chi connectivity index (χ3v) is 3.86. The Morgan fingerprint density at radius 1 is 1.53 bits per heavy atom. The zero-order valence-electron chi connectivity index (χ0n) is 10.4. The second-order valence-corrected chi connectivity index (χ2v) is 5.42. The molecule has 1 fully saturated rings. The summed E-state index contributed by atoms with van der Waals surface area (Å²) in [6.45, 7) is 1.91. The number of aryl methyl sites for hydroxylation is 1. The number of carbonyl (C=O) groups excluding carboxylic acids is 1. The fraction of sp³-hybridized carbons (Fsp3) is 0.286. The molecule has 98 valence electrons. The van der Waals surface area contributed by atoms with Crippen LogP contribution in [0.5, 0.6) is 0 Å². The molecule has 0 unspecified atom stereocenters. The molecule has 1 aromatic carbocycles. The van der Waals surface area contributed by atoms with Crippen LogP contribution in [0.3, 0.4) is 0 Å². The second-order valence-electron chi connectivity index (χ2n) is 4.56. The van der Waals surface area contributed by atoms with E-state index in [9.17, 15) is 9.90 Å². The maximum Gasteiger partial charge on any atom is 0.269 e. The highest BCUT2D eigenvalue weighted by molar-refractivity contribution is 9.10. The summed E-state index contributed by atoms with van der Waals surface area (Å²) in [5, 5.41) is 21.4. The van der Waals surface area contributed by atoms with Crippen molar-refractivity contribution in [1.29, 1.82) is 5.26 Å². The number of anilines is 1. The van der Waals surface area contributed by atoms with Crippen LogP contribution in [0.4, 0.5) is 5.69 Å². The Kier molecular flexibility index (Phi) is 3.91. The van der Waals surface area contributed by atoms with Gasteiger partial charge in [0.15, 0.2) is 5.57 Å². The zero-order chi connectivity index (χ0) is 14.0. The molecule has 0 aliphatic heterocycles. The number of hydrogen-bond acceptors (Lipinski definition) is 3. The van der Waals surface area contributed by atoms with E-state index in [-0.39, 0.29) is 17.3 Å². The molecule has 5 heteroatoms. The van der Waals surface area contributed by atoms with Crippen LogP contribution in [0, 0.1) is 24.2 Å². The fourth-order valence-corrected chi connectivity index (χ4v) is 1.95. The topological polar surface area (TPSA) is 73.1 Å². The third-order valence-electron chi connectivity index (χ3n) is 2.97. The summed E-state index contributed by atoms with van der Waals surface area (Å²) in [6.07, 6.45) is 1.67. The highest BCUT2D eigenvalue weighted by atomic mass is 79.9. The van der Waals surface area contributed by atoms with E-state index in [1.54, 1.807) is 18.2 Å². The Hall–Kier alpha value is -1.80. The number of benzene rings is 1. The van der Waals surface area contributed by atoms with Crippen LogP contribution in [0.2, 0.25) is 0 Å². The SMILES string of the molecule is Cc1cc(NC(=O)/C(C#N)=C(\O)C2CC2)ccc1Br. The van der Waals surface area contributed by atoms with Gasteiger partial charge in [0.2, 0.25) is 0 Å². The average Bonchev–Trinajstić information content (AvgIpc) is 3.18. The number of aliphatic hydroxyl groups excluding tert-OH is 1. The van der Waals surface area contributed by atoms with Gasteiger partial charge >= 0.3 is 0 Å². The number of allylic oxidation sites excluding steroid dienone is 1. The minimum absolute atomic E-state index is 0.0212. The molecule has 1 aromatic rings. The summed E-state index contributed by atoms with van der Waals surface area (Å²) < 4.78 is 0.947. The highest BCUT2D eigenvalue weighted by Gasteiger charge is 2.30. The van der Waals surface area contributed by atoms with Crippen molar-refractivity contribution < 1.29 is 9.90 Å². The molecule has 0 aromatic heterocycles. The molecular weight excluding hydrogens is 308 g/mol. The number of amides is 1. The first-order valence-corrected chi connectivity index (χ1v) is 6.73. The molecule has 0 bridgehead atoms. The molecule has 0 radical (unpaired) electrons. The summed E-state index contributed by atoms with van der Waals surface area (Å²) in [4.78, 5) is 12.0. The van der Waals surface area contributed by atoms with Gasteiger partial charge in [0.05, 0.1) is 0 Å². The lowest BCUT2D eigenvalue weighted by Crippen LogP contribution is -2.16. The molecule has 0 atom stereocenters. The molecule has 0 heterocycles. The number of rotatable bonds is 3. The maximum atomic E-state index is 12.0. The first kappa shape index (κ1) is 13.6. The van der Waals surface area contributed by atoms with Crippen molar-refractivity contribution in [3.63, 3.8) is 0 Å². The number of aliphatic hydroxyl groups is 1. The van der Waals surface area contributed by atoms with E-state index < -0.39 is 5.91 Å². The van der Waals surface area contributed by atoms with Gasteiger partial charge in [0.25, 0.3) is 5.91 Å². The number of carbonyl (C=O) groups is 1. The lowest BCUT2D eigenvalue weighted by Gasteiger charge is -2.07. The Morgan fingerprint density at radius 3 is 2.74 bits per heavy atom. The smallest absolute Gasteiger partial charge is 0.269 e. The van der Waals surface area contributed by atoms with E-state index in [1.165, 1.54) is 0 Å². The van der Waals surface area contributed by atoms with Crippen LogP contribution in [-0.4, -0.2) is 11.0 Å². The predicted molar refractivity (Wildman–Crippen MR) is 75.5 cm³/mol. The van der Waals surface area contributed by atoms with E-state index >= 15 is 0 Å². The zero-order valence-corrected chi connectivity index (χ0v) is 12.0. The monoisotopic (exact) mass is 320 g/mol. The molecule has 1 aliphatic carbocycles. The van der Waals surface area contributed by atoms with E-state index in [0.29, 0.717) is 5.69 Å². The quantitative estimate of drug-likeness (QED) is 0.509. The summed E-state index contributed by atoms with van der Waals surface area (Å²) >= 11 is 3.37. The van der Waals surface area contributed by atoms with Gasteiger partial charge in [-0.2, -0.15) is 5.26 Å². The molecule has 0 spiro atoms. The summed E-state index contributed by atoms with van der Waals surface area (Å²) in [6, 6.07) is 7.13. The summed E-state index contributed by atoms with van der Waals surface area (Å²) in [5.74, 6) is -0.672. The van der Waals surface area contributed by atoms with Gasteiger partial charge in [-0.05, 0) is 43.5 Å². The molecular formula is C14H13BrN2O2. The van der Waals surface area contributed by atoms with Crippen molar-refractivity contribution >= 4 is 27.5 Å². The number of nitrogens with one attached hydrogen (secondary N) is 1. The molecule has 1 saturated carbocycles. The van der Waals surface area contributed by atoms with Crippen LogP contribution in [-0.2, 0) is 4.79 Å². The Morgan fingerprint density at radius 2 is 2.21 bits per heavy atom. The fourth-order valence-electron chi connectivity index (χ4n) is 1.70. The molecule has 4 nitrogen and oxygen atoms in total. The normalized spacial score (nSPS) is 15.4. The number of hydrogen-bond donors (Lipinski definition) is 2. The van der Waals surface area contributed by atoms with Gasteiger partial charge in [0.1, 0.15) is 11.8 Å². The highest BCUT2D eigenvalue weighted by Crippen LogP contribution is 2.36. The Balaban J connectivity index is 2.18. The van der Waals surface area contributed by atoms with Gasteiger partial charge in [-0.1, -0.05) is 15.9 Å². The van der Waals surface area contributed by atoms with Crippen molar-refractivity contribution in [2.24, 2.45) is 5.92 Å². The van der Waals surface area contributed by atoms with Crippen molar-refractivity contribution in [1.82, 2.24) is 0 Å². The largest absolute Gasteiger partial charge is 0.510 e. The minimum atomic E-state index is -0.561. The average molecular weight is 321 g/mol. The second kappa shape index (κ2) is 5.45. The standard InChI is InChI=1S/C14H13BrN2O2/c1-8-6-10(4-5-12(8)15)17-14(19)11(7-16)13(18)9-2-3-9/h4-6,9,18H,2-3H2,1H3,(H,17,19)/b13-11-. The Bertz CT molecular complexity index is 598. The van der Waals surface area contributed by atoms with Gasteiger partial charge in [-0.25, -0.2) is 0 Å². The predicted octanol–water partition coefficient (Wildman–Crippen LogP) is 3.44. The van der Waals surface area contributed by atoms with Crippen molar-refractivity contribution in [2.45, 2.75) is 19.8 Å². The van der Waals surface area contributed by atoms with E-state index in [2.05, 4.69) is 21.2 Å². The molecule has 1 amide bonds. The summed E-state index contributed by atoms with van der Waals surface area (Å²) in [7, 11) is 0. The van der Waals surface area contributed by atoms with E-state index in [0.717, 1.165) is 22.9 Å². The number of nitriles is 1. The van der Waals surface area contributed by atoms with Crippen LogP contribution >= 0.6 is 15.9 Å². The number of nitrogens with zero attached hydrogens (tertiary/aromatic N) is 1.